The zero-order chi connectivity index (χ0) is 87.1. The summed E-state index contributed by atoms with van der Waals surface area (Å²) in [6.45, 7) is 0. The van der Waals surface area contributed by atoms with Crippen molar-refractivity contribution in [2.75, 3.05) is 0 Å². The molecule has 17 aromatic carbocycles. The van der Waals surface area contributed by atoms with E-state index in [1.807, 2.05) is 91.5 Å². The number of para-hydroxylation sites is 10. The van der Waals surface area contributed by atoms with E-state index >= 15 is 0 Å². The van der Waals surface area contributed by atoms with E-state index in [0.29, 0.717) is 17.6 Å². The second-order valence-corrected chi connectivity index (χ2v) is 33.3. The number of nitrogens with zero attached hydrogens (tertiary/aromatic N) is 12. The zero-order valence-electron chi connectivity index (χ0n) is 71.4. The third-order valence-corrected chi connectivity index (χ3v) is 25.8. The maximum atomic E-state index is 5.09. The Balaban J connectivity index is 0.000000107. The highest BCUT2D eigenvalue weighted by Gasteiger charge is 2.26. The molecule has 0 aliphatic carbocycles. The minimum absolute atomic E-state index is 0.578. The quantitative estimate of drug-likeness (QED) is 0.121. The highest BCUT2D eigenvalue weighted by Crippen LogP contribution is 2.46. The molecule has 0 aliphatic rings. The first kappa shape index (κ1) is 76.4. The summed E-state index contributed by atoms with van der Waals surface area (Å²) in [6.07, 6.45) is 7.87. The topological polar surface area (TPSA) is 107 Å². The average molecular weight is 1690 g/mol. The van der Waals surface area contributed by atoms with Crippen molar-refractivity contribution in [3.05, 3.63) is 474 Å². The second-order valence-electron chi connectivity index (χ2n) is 33.3. The Morgan fingerprint density at radius 2 is 0.447 bits per heavy atom. The Morgan fingerprint density at radius 3 is 0.856 bits per heavy atom. The summed E-state index contributed by atoms with van der Waals surface area (Å²) in [6, 6.07) is 158. The lowest BCUT2D eigenvalue weighted by atomic mass is 9.99. The Morgan fingerprint density at radius 1 is 0.167 bits per heavy atom. The molecule has 0 atom stereocenters. The lowest BCUT2D eigenvalue weighted by molar-refractivity contribution is 0.953. The molecule has 0 bridgehead atoms. The van der Waals surface area contributed by atoms with Gasteiger partial charge in [-0.2, -0.15) is 9.97 Å². The van der Waals surface area contributed by atoms with Gasteiger partial charge in [0.25, 0.3) is 0 Å². The highest BCUT2D eigenvalue weighted by atomic mass is 15.2. The van der Waals surface area contributed by atoms with Crippen LogP contribution in [0.2, 0.25) is 0 Å². The first-order valence-electron chi connectivity index (χ1n) is 44.5. The van der Waals surface area contributed by atoms with Crippen molar-refractivity contribution in [3.8, 4) is 102 Å². The summed E-state index contributed by atoms with van der Waals surface area (Å²) >= 11 is 0. The van der Waals surface area contributed by atoms with Crippen molar-refractivity contribution >= 4 is 131 Å². The molecule has 0 N–H and O–H groups in total. The van der Waals surface area contributed by atoms with E-state index in [4.69, 9.17) is 29.9 Å². The SMILES string of the molecule is c1ccc(-c2ccc(-n3c4ccccc4c4cc(-c5ccnc6c5c5ccccc5n6-c5ccccc5)ccc43)cc2)cc1.c1ccc(-c2nc(-c3ccccc3)nc(-n3c4ccccc4c4cc(-c5ccnc6c5c5ccccc5n6-c5ccccc5)ccc43)n2)cc1.c1ccc(-n2c3ccccc3c3cc(-c4cncc5c4c4ccccc4n5-c4ccccc4)ccc32)cc1. The van der Waals surface area contributed by atoms with E-state index in [0.717, 1.165) is 106 Å². The number of hydrogen-bond donors (Lipinski definition) is 0. The van der Waals surface area contributed by atoms with Crippen LogP contribution in [0.15, 0.2) is 474 Å². The van der Waals surface area contributed by atoms with Gasteiger partial charge in [-0.25, -0.2) is 15.0 Å². The molecule has 0 fully saturated rings. The third-order valence-electron chi connectivity index (χ3n) is 25.8. The number of hydrogen-bond acceptors (Lipinski definition) is 6. The van der Waals surface area contributed by atoms with Gasteiger partial charge in [-0.15, -0.1) is 0 Å². The van der Waals surface area contributed by atoms with Crippen LogP contribution in [0.5, 0.6) is 0 Å². The van der Waals surface area contributed by atoms with Crippen molar-refractivity contribution in [1.29, 1.82) is 0 Å². The maximum Gasteiger partial charge on any atom is 0.238 e. The number of pyridine rings is 3. The summed E-state index contributed by atoms with van der Waals surface area (Å²) in [5.41, 5.74) is 30.3. The van der Waals surface area contributed by atoms with Gasteiger partial charge >= 0.3 is 0 Å². The molecule has 0 spiro atoms. The molecule has 27 rings (SSSR count). The standard InChI is InChI=1S/C44H28N6.C41H27N3.C35H23N3/c1-4-14-29(15-5-1)41-46-42(30-16-6-2-7-17-30)48-44(47-41)50-37-22-12-10-20-34(37)36-28-31(24-25-39(36)50)33-26-27-45-43-40(33)35-21-11-13-23-38(35)49(43)32-18-8-3-9-19-32;1-3-11-28(12-4-1)29-19-22-32(23-20-29)43-37-17-9-7-15-34(37)36-27-30(21-24-39(36)43)33-25-26-42-41-40(33)35-16-8-10-18-38(35)44(41)31-13-5-2-6-14-31;1-3-11-25(12-4-1)37-31-17-9-7-15-27(31)29-21-24(19-20-33(29)37)30-22-36-23-34-35(30)28-16-8-10-18-32(28)38(34)26-13-5-2-6-14-26/h1-28H;1-27H;1-23H. The molecule has 0 saturated carbocycles. The van der Waals surface area contributed by atoms with Crippen LogP contribution in [0.1, 0.15) is 0 Å². The molecule has 0 amide bonds. The summed E-state index contributed by atoms with van der Waals surface area (Å²) in [5, 5.41) is 14.4. The molecular weight excluding hydrogens is 1610 g/mol. The van der Waals surface area contributed by atoms with Crippen LogP contribution in [-0.4, -0.2) is 57.3 Å². The smallest absolute Gasteiger partial charge is 0.238 e. The fourth-order valence-corrected chi connectivity index (χ4v) is 20.0. The van der Waals surface area contributed by atoms with E-state index in [9.17, 15) is 0 Å². The average Bonchev–Trinajstić information content (AvgIpc) is 1.58. The van der Waals surface area contributed by atoms with E-state index < -0.39 is 0 Å². The molecular formula is C120H78N12. The molecule has 0 saturated heterocycles. The molecule has 0 aliphatic heterocycles. The Kier molecular flexibility index (Phi) is 18.6. The van der Waals surface area contributed by atoms with E-state index in [2.05, 4.69) is 410 Å². The van der Waals surface area contributed by atoms with E-state index in [-0.39, 0.29) is 0 Å². The van der Waals surface area contributed by atoms with Gasteiger partial charge in [0.1, 0.15) is 11.3 Å². The van der Waals surface area contributed by atoms with E-state index in [1.165, 1.54) is 110 Å². The third kappa shape index (κ3) is 12.9. The van der Waals surface area contributed by atoms with Crippen molar-refractivity contribution < 1.29 is 0 Å². The predicted molar refractivity (Wildman–Crippen MR) is 545 cm³/mol. The van der Waals surface area contributed by atoms with Gasteiger partial charge < -0.3 is 13.7 Å². The summed E-state index contributed by atoms with van der Waals surface area (Å²) in [7, 11) is 0. The van der Waals surface area contributed by atoms with Crippen LogP contribution in [0.3, 0.4) is 0 Å². The van der Waals surface area contributed by atoms with Crippen LogP contribution in [0.25, 0.3) is 233 Å². The van der Waals surface area contributed by atoms with Gasteiger partial charge in [0.15, 0.2) is 11.6 Å². The lowest BCUT2D eigenvalue weighted by Crippen LogP contribution is -2.06. The van der Waals surface area contributed by atoms with Gasteiger partial charge in [-0.1, -0.05) is 303 Å². The van der Waals surface area contributed by atoms with Gasteiger partial charge in [0, 0.05) is 128 Å². The highest BCUT2D eigenvalue weighted by molar-refractivity contribution is 6.21. The second kappa shape index (κ2) is 32.1. The summed E-state index contributed by atoms with van der Waals surface area (Å²) in [4.78, 5) is 29.7. The van der Waals surface area contributed by atoms with Crippen molar-refractivity contribution in [1.82, 2.24) is 57.3 Å². The summed E-state index contributed by atoms with van der Waals surface area (Å²) < 4.78 is 13.8. The Labute approximate surface area is 758 Å². The zero-order valence-corrected chi connectivity index (χ0v) is 71.4. The van der Waals surface area contributed by atoms with Gasteiger partial charge in [-0.05, 0) is 185 Å². The van der Waals surface area contributed by atoms with Crippen LogP contribution < -0.4 is 0 Å². The fourth-order valence-electron chi connectivity index (χ4n) is 20.0. The Bertz CT molecular complexity index is 9060. The largest absolute Gasteiger partial charge is 0.309 e. The van der Waals surface area contributed by atoms with Gasteiger partial charge in [0.05, 0.1) is 61.4 Å². The molecule has 0 unspecified atom stereocenters. The molecule has 618 valence electrons. The first-order valence-corrected chi connectivity index (χ1v) is 44.5. The van der Waals surface area contributed by atoms with Crippen molar-refractivity contribution in [3.63, 3.8) is 0 Å². The number of rotatable bonds is 12. The first-order chi connectivity index (χ1) is 65.5. The molecule has 10 aromatic heterocycles. The number of fused-ring (bicyclic) bond motifs is 18. The minimum Gasteiger partial charge on any atom is -0.309 e. The molecule has 12 heteroatoms. The fraction of sp³-hybridized carbons (Fsp3) is 0. The maximum absolute atomic E-state index is 5.09. The van der Waals surface area contributed by atoms with Crippen LogP contribution >= 0.6 is 0 Å². The van der Waals surface area contributed by atoms with E-state index in [1.54, 1.807) is 0 Å². The molecule has 132 heavy (non-hydrogen) atoms. The minimum atomic E-state index is 0.578. The number of aromatic nitrogens is 12. The summed E-state index contributed by atoms with van der Waals surface area (Å²) in [5.74, 6) is 1.84. The van der Waals surface area contributed by atoms with Crippen molar-refractivity contribution in [2.24, 2.45) is 0 Å². The van der Waals surface area contributed by atoms with Gasteiger partial charge in [0.2, 0.25) is 5.95 Å². The normalized spacial score (nSPS) is 11.6. The molecule has 0 radical (unpaired) electrons. The van der Waals surface area contributed by atoms with Crippen molar-refractivity contribution in [2.45, 2.75) is 0 Å². The number of benzene rings is 17. The molecule has 27 aromatic rings. The van der Waals surface area contributed by atoms with Crippen LogP contribution in [-0.2, 0) is 0 Å². The van der Waals surface area contributed by atoms with Crippen LogP contribution in [0, 0.1) is 0 Å². The molecule has 10 heterocycles. The van der Waals surface area contributed by atoms with Crippen LogP contribution in [0.4, 0.5) is 0 Å². The predicted octanol–water partition coefficient (Wildman–Crippen LogP) is 30.0. The Hall–Kier alpha value is -18.0. The monoisotopic (exact) mass is 1690 g/mol. The van der Waals surface area contributed by atoms with Gasteiger partial charge in [-0.3, -0.25) is 18.7 Å². The lowest BCUT2D eigenvalue weighted by Gasteiger charge is -2.11. The molecule has 12 nitrogen and oxygen atoms in total.